The Bertz CT molecular complexity index is 258. The van der Waals surface area contributed by atoms with Crippen LogP contribution in [-0.2, 0) is 9.53 Å². The third-order valence-electron chi connectivity index (χ3n) is 1.05. The van der Waals surface area contributed by atoms with E-state index in [-0.39, 0.29) is 5.97 Å². The monoisotopic (exact) mass is 162 g/mol. The SMILES string of the molecule is C#CC#CCCC=CC(=O)OC. The fourth-order valence-corrected chi connectivity index (χ4v) is 0.517. The van der Waals surface area contributed by atoms with Gasteiger partial charge in [0.25, 0.3) is 0 Å². The fourth-order valence-electron chi connectivity index (χ4n) is 0.517. The number of esters is 1. The molecule has 0 bridgehead atoms. The Morgan fingerprint density at radius 1 is 1.67 bits per heavy atom. The number of allylic oxidation sites excluding steroid dienone is 1. The molecule has 0 radical (unpaired) electrons. The van der Waals surface area contributed by atoms with E-state index in [1.54, 1.807) is 6.08 Å². The van der Waals surface area contributed by atoms with Crippen molar-refractivity contribution in [2.75, 3.05) is 7.11 Å². The number of unbranched alkanes of at least 4 members (excludes halogenated alkanes) is 1. The number of hydrogen-bond acceptors (Lipinski definition) is 2. The highest BCUT2D eigenvalue weighted by Crippen LogP contribution is 1.89. The van der Waals surface area contributed by atoms with Gasteiger partial charge in [0.1, 0.15) is 0 Å². The number of rotatable bonds is 3. The molecule has 0 rings (SSSR count). The van der Waals surface area contributed by atoms with Gasteiger partial charge in [0.05, 0.1) is 7.11 Å². The summed E-state index contributed by atoms with van der Waals surface area (Å²) in [6, 6.07) is 0. The minimum absolute atomic E-state index is 0.347. The molecule has 2 nitrogen and oxygen atoms in total. The average molecular weight is 162 g/mol. The summed E-state index contributed by atoms with van der Waals surface area (Å²) in [5.74, 6) is 7.07. The molecule has 0 aromatic heterocycles. The molecule has 0 aliphatic heterocycles. The van der Waals surface area contributed by atoms with Crippen LogP contribution in [0, 0.1) is 24.2 Å². The van der Waals surface area contributed by atoms with Crippen LogP contribution >= 0.6 is 0 Å². The van der Waals surface area contributed by atoms with Crippen LogP contribution < -0.4 is 0 Å². The first-order chi connectivity index (χ1) is 5.81. The Hall–Kier alpha value is -1.67. The molecule has 2 heteroatoms. The summed E-state index contributed by atoms with van der Waals surface area (Å²) in [6.07, 6.45) is 9.35. The van der Waals surface area contributed by atoms with Gasteiger partial charge in [0, 0.05) is 12.5 Å². The first-order valence-electron chi connectivity index (χ1n) is 3.49. The van der Waals surface area contributed by atoms with Gasteiger partial charge in [0.15, 0.2) is 0 Å². The van der Waals surface area contributed by atoms with Gasteiger partial charge in [-0.1, -0.05) is 12.0 Å². The lowest BCUT2D eigenvalue weighted by molar-refractivity contribution is -0.134. The minimum Gasteiger partial charge on any atom is -0.466 e. The van der Waals surface area contributed by atoms with Crippen molar-refractivity contribution in [2.24, 2.45) is 0 Å². The molecule has 0 saturated heterocycles. The van der Waals surface area contributed by atoms with E-state index in [9.17, 15) is 4.79 Å². The molecule has 0 atom stereocenters. The highest BCUT2D eigenvalue weighted by Gasteiger charge is 1.87. The maximum atomic E-state index is 10.5. The number of methoxy groups -OCH3 is 1. The van der Waals surface area contributed by atoms with Crippen molar-refractivity contribution < 1.29 is 9.53 Å². The van der Waals surface area contributed by atoms with E-state index in [4.69, 9.17) is 6.42 Å². The molecule has 0 aliphatic carbocycles. The molecule has 0 fully saturated rings. The summed E-state index contributed by atoms with van der Waals surface area (Å²) in [6.45, 7) is 0. The van der Waals surface area contributed by atoms with Gasteiger partial charge in [-0.25, -0.2) is 4.79 Å². The summed E-state index contributed by atoms with van der Waals surface area (Å²) >= 11 is 0. The lowest BCUT2D eigenvalue weighted by Crippen LogP contribution is -1.93. The van der Waals surface area contributed by atoms with Gasteiger partial charge in [0.2, 0.25) is 0 Å². The molecule has 0 amide bonds. The summed E-state index contributed by atoms with van der Waals surface area (Å²) < 4.78 is 4.38. The van der Waals surface area contributed by atoms with Gasteiger partial charge in [-0.2, -0.15) is 0 Å². The van der Waals surface area contributed by atoms with Crippen LogP contribution in [0.25, 0.3) is 0 Å². The third kappa shape index (κ3) is 6.45. The van der Waals surface area contributed by atoms with Crippen LogP contribution in [0.4, 0.5) is 0 Å². The maximum absolute atomic E-state index is 10.5. The van der Waals surface area contributed by atoms with E-state index >= 15 is 0 Å². The minimum atomic E-state index is -0.347. The van der Waals surface area contributed by atoms with E-state index in [0.717, 1.165) is 0 Å². The van der Waals surface area contributed by atoms with Crippen LogP contribution in [0.3, 0.4) is 0 Å². The van der Waals surface area contributed by atoms with E-state index in [2.05, 4.69) is 22.5 Å². The second kappa shape index (κ2) is 7.44. The third-order valence-corrected chi connectivity index (χ3v) is 1.05. The van der Waals surface area contributed by atoms with Crippen molar-refractivity contribution in [3.8, 4) is 24.2 Å². The van der Waals surface area contributed by atoms with Crippen molar-refractivity contribution >= 4 is 5.97 Å². The lowest BCUT2D eigenvalue weighted by Gasteiger charge is -1.87. The maximum Gasteiger partial charge on any atom is 0.330 e. The molecule has 0 N–H and O–H groups in total. The fraction of sp³-hybridized carbons (Fsp3) is 0.300. The van der Waals surface area contributed by atoms with Crippen LogP contribution in [-0.4, -0.2) is 13.1 Å². The number of hydrogen-bond donors (Lipinski definition) is 0. The number of ether oxygens (including phenoxy) is 1. The highest BCUT2D eigenvalue weighted by atomic mass is 16.5. The molecule has 0 spiro atoms. The molecule has 0 heterocycles. The predicted molar refractivity (Wildman–Crippen MR) is 47.0 cm³/mol. The van der Waals surface area contributed by atoms with Crippen molar-refractivity contribution in [2.45, 2.75) is 12.8 Å². The van der Waals surface area contributed by atoms with Crippen LogP contribution in [0.2, 0.25) is 0 Å². The zero-order valence-corrected chi connectivity index (χ0v) is 6.96. The normalized spacial score (nSPS) is 8.33. The van der Waals surface area contributed by atoms with E-state index in [0.29, 0.717) is 12.8 Å². The molecule has 0 aromatic carbocycles. The van der Waals surface area contributed by atoms with Crippen LogP contribution in [0.1, 0.15) is 12.8 Å². The molecular weight excluding hydrogens is 152 g/mol. The van der Waals surface area contributed by atoms with Crippen molar-refractivity contribution in [3.63, 3.8) is 0 Å². The summed E-state index contributed by atoms with van der Waals surface area (Å²) in [4.78, 5) is 10.5. The van der Waals surface area contributed by atoms with E-state index in [1.165, 1.54) is 13.2 Å². The molecular formula is C10H10O2. The Kier molecular flexibility index (Phi) is 6.40. The summed E-state index contributed by atoms with van der Waals surface area (Å²) in [5, 5.41) is 0. The zero-order valence-electron chi connectivity index (χ0n) is 6.96. The van der Waals surface area contributed by atoms with Gasteiger partial charge in [-0.3, -0.25) is 0 Å². The van der Waals surface area contributed by atoms with Gasteiger partial charge < -0.3 is 4.74 Å². The second-order valence-corrected chi connectivity index (χ2v) is 1.91. The van der Waals surface area contributed by atoms with Crippen molar-refractivity contribution in [1.82, 2.24) is 0 Å². The van der Waals surface area contributed by atoms with Crippen molar-refractivity contribution in [1.29, 1.82) is 0 Å². The molecule has 62 valence electrons. The lowest BCUT2D eigenvalue weighted by atomic mass is 10.3. The quantitative estimate of drug-likeness (QED) is 0.269. The molecule has 0 unspecified atom stereocenters. The largest absolute Gasteiger partial charge is 0.466 e. The molecule has 12 heavy (non-hydrogen) atoms. The molecule has 0 saturated carbocycles. The van der Waals surface area contributed by atoms with Crippen LogP contribution in [0.15, 0.2) is 12.2 Å². The Morgan fingerprint density at radius 2 is 2.42 bits per heavy atom. The van der Waals surface area contributed by atoms with Crippen molar-refractivity contribution in [3.05, 3.63) is 12.2 Å². The van der Waals surface area contributed by atoms with Crippen LogP contribution in [0.5, 0.6) is 0 Å². The first kappa shape index (κ1) is 10.3. The van der Waals surface area contributed by atoms with E-state index in [1.807, 2.05) is 0 Å². The standard InChI is InChI=1S/C10H10O2/c1-3-4-5-6-7-8-9-10(11)12-2/h1,8-9H,6-7H2,2H3. The second-order valence-electron chi connectivity index (χ2n) is 1.91. The molecule has 0 aliphatic rings. The Morgan fingerprint density at radius 3 is 3.00 bits per heavy atom. The number of carbonyl (C=O) groups is 1. The van der Waals surface area contributed by atoms with Gasteiger partial charge in [-0.05, 0) is 18.3 Å². The van der Waals surface area contributed by atoms with Gasteiger partial charge >= 0.3 is 5.97 Å². The topological polar surface area (TPSA) is 26.3 Å². The number of carbonyl (C=O) groups excluding carboxylic acids is 1. The smallest absolute Gasteiger partial charge is 0.330 e. The average Bonchev–Trinajstić information content (AvgIpc) is 2.10. The Labute approximate surface area is 72.6 Å². The predicted octanol–water partition coefficient (Wildman–Crippen LogP) is 1.13. The zero-order chi connectivity index (χ0) is 9.23. The Balaban J connectivity index is 3.51. The highest BCUT2D eigenvalue weighted by molar-refractivity contribution is 5.81. The number of terminal acetylenes is 1. The summed E-state index contributed by atoms with van der Waals surface area (Å²) in [5.41, 5.74) is 0. The van der Waals surface area contributed by atoms with Gasteiger partial charge in [-0.15, -0.1) is 6.42 Å². The molecule has 0 aromatic rings. The first-order valence-corrected chi connectivity index (χ1v) is 3.49. The van der Waals surface area contributed by atoms with E-state index < -0.39 is 0 Å². The summed E-state index contributed by atoms with van der Waals surface area (Å²) in [7, 11) is 1.34.